The number of phenols is 1. The van der Waals surface area contributed by atoms with Gasteiger partial charge in [0.15, 0.2) is 5.96 Å². The molecule has 3 N–H and O–H groups in total. The topological polar surface area (TPSA) is 65.9 Å². The summed E-state index contributed by atoms with van der Waals surface area (Å²) in [6, 6.07) is 4.85. The fraction of sp³-hybridized carbons (Fsp3) is 0.632. The van der Waals surface area contributed by atoms with Gasteiger partial charge in [0.05, 0.1) is 13.0 Å². The molecule has 1 fully saturated rings. The lowest BCUT2D eigenvalue weighted by Crippen LogP contribution is -2.46. The number of benzene rings is 1. The number of alkyl halides is 3. The van der Waals surface area contributed by atoms with E-state index >= 15 is 0 Å². The molecule has 27 heavy (non-hydrogen) atoms. The van der Waals surface area contributed by atoms with Gasteiger partial charge < -0.3 is 20.5 Å². The molecule has 1 saturated carbocycles. The third-order valence-corrected chi connectivity index (χ3v) is 4.77. The second-order valence-corrected chi connectivity index (χ2v) is 6.75. The number of aliphatic imine (C=N–C) groups is 1. The summed E-state index contributed by atoms with van der Waals surface area (Å²) in [5, 5.41) is 16.2. The zero-order chi connectivity index (χ0) is 19.9. The maximum Gasteiger partial charge on any atom is 0.391 e. The Morgan fingerprint density at radius 3 is 2.74 bits per heavy atom. The van der Waals surface area contributed by atoms with Crippen molar-refractivity contribution >= 4 is 5.96 Å². The van der Waals surface area contributed by atoms with Gasteiger partial charge in [0, 0.05) is 25.2 Å². The second kappa shape index (κ2) is 9.71. The maximum atomic E-state index is 13.0. The fourth-order valence-corrected chi connectivity index (χ4v) is 3.30. The van der Waals surface area contributed by atoms with Crippen molar-refractivity contribution in [3.8, 4) is 11.5 Å². The van der Waals surface area contributed by atoms with E-state index in [9.17, 15) is 18.3 Å². The van der Waals surface area contributed by atoms with Crippen LogP contribution >= 0.6 is 0 Å². The van der Waals surface area contributed by atoms with E-state index in [1.54, 1.807) is 18.2 Å². The zero-order valence-corrected chi connectivity index (χ0v) is 15.8. The molecule has 0 saturated heterocycles. The number of hydrogen-bond donors (Lipinski definition) is 3. The first-order valence-electron chi connectivity index (χ1n) is 9.31. The number of aromatic hydroxyl groups is 1. The number of phenolic OH excluding ortho intramolecular Hbond substituents is 1. The van der Waals surface area contributed by atoms with Gasteiger partial charge >= 0.3 is 6.18 Å². The smallest absolute Gasteiger partial charge is 0.391 e. The molecule has 2 atom stereocenters. The van der Waals surface area contributed by atoms with Crippen LogP contribution in [0, 0.1) is 5.92 Å². The van der Waals surface area contributed by atoms with Crippen LogP contribution in [0.2, 0.25) is 0 Å². The minimum atomic E-state index is -4.14. The van der Waals surface area contributed by atoms with Gasteiger partial charge in [0.25, 0.3) is 0 Å². The predicted molar refractivity (Wildman–Crippen MR) is 99.3 cm³/mol. The molecule has 152 valence electrons. The molecule has 1 aromatic carbocycles. The van der Waals surface area contributed by atoms with E-state index < -0.39 is 12.1 Å². The number of ether oxygens (including phenoxy) is 1. The molecule has 0 heterocycles. The van der Waals surface area contributed by atoms with Gasteiger partial charge in [-0.15, -0.1) is 0 Å². The van der Waals surface area contributed by atoms with Crippen molar-refractivity contribution in [3.63, 3.8) is 0 Å². The van der Waals surface area contributed by atoms with Crippen LogP contribution in [-0.2, 0) is 6.42 Å². The Kier molecular flexibility index (Phi) is 7.62. The van der Waals surface area contributed by atoms with Gasteiger partial charge in [-0.3, -0.25) is 4.99 Å². The summed E-state index contributed by atoms with van der Waals surface area (Å²) in [5.41, 5.74) is 0.741. The molecule has 2 unspecified atom stereocenters. The van der Waals surface area contributed by atoms with Crippen LogP contribution in [0.1, 0.15) is 38.2 Å². The Labute approximate surface area is 158 Å². The minimum absolute atomic E-state index is 0.0766. The monoisotopic (exact) mass is 387 g/mol. The third kappa shape index (κ3) is 6.52. The Balaban J connectivity index is 1.94. The van der Waals surface area contributed by atoms with Gasteiger partial charge in [-0.25, -0.2) is 0 Å². The highest BCUT2D eigenvalue weighted by molar-refractivity contribution is 5.80. The molecular formula is C19H28F3N3O2. The average molecular weight is 387 g/mol. The van der Waals surface area contributed by atoms with E-state index in [1.165, 1.54) is 7.11 Å². The molecule has 2 rings (SSSR count). The summed E-state index contributed by atoms with van der Waals surface area (Å²) in [7, 11) is 1.53. The zero-order valence-electron chi connectivity index (χ0n) is 15.8. The highest BCUT2D eigenvalue weighted by atomic mass is 19.4. The molecule has 8 heteroatoms. The largest absolute Gasteiger partial charge is 0.508 e. The first-order valence-corrected chi connectivity index (χ1v) is 9.31. The highest BCUT2D eigenvalue weighted by Gasteiger charge is 2.42. The van der Waals surface area contributed by atoms with Crippen LogP contribution in [-0.4, -0.2) is 43.5 Å². The van der Waals surface area contributed by atoms with E-state index in [-0.39, 0.29) is 24.6 Å². The molecule has 1 aliphatic carbocycles. The average Bonchev–Trinajstić information content (AvgIpc) is 2.62. The quantitative estimate of drug-likeness (QED) is 0.515. The second-order valence-electron chi connectivity index (χ2n) is 6.75. The lowest BCUT2D eigenvalue weighted by Gasteiger charge is -2.31. The van der Waals surface area contributed by atoms with Crippen molar-refractivity contribution in [2.75, 3.05) is 20.2 Å². The van der Waals surface area contributed by atoms with Gasteiger partial charge in [-0.05, 0) is 44.2 Å². The third-order valence-electron chi connectivity index (χ3n) is 4.77. The molecule has 1 aliphatic rings. The van der Waals surface area contributed by atoms with Crippen LogP contribution in [0.4, 0.5) is 13.2 Å². The number of guanidine groups is 1. The van der Waals surface area contributed by atoms with E-state index in [4.69, 9.17) is 4.74 Å². The Morgan fingerprint density at radius 2 is 2.11 bits per heavy atom. The van der Waals surface area contributed by atoms with E-state index in [0.29, 0.717) is 44.1 Å². The van der Waals surface area contributed by atoms with Crippen LogP contribution in [0.15, 0.2) is 23.2 Å². The van der Waals surface area contributed by atoms with Crippen LogP contribution in [0.3, 0.4) is 0 Å². The molecule has 0 aliphatic heterocycles. The van der Waals surface area contributed by atoms with Gasteiger partial charge in [-0.1, -0.05) is 12.5 Å². The molecule has 1 aromatic rings. The maximum absolute atomic E-state index is 13.0. The number of methoxy groups -OCH3 is 1. The van der Waals surface area contributed by atoms with Gasteiger partial charge in [0.2, 0.25) is 0 Å². The first kappa shape index (κ1) is 21.2. The van der Waals surface area contributed by atoms with Crippen molar-refractivity contribution in [2.24, 2.45) is 10.9 Å². The number of hydrogen-bond acceptors (Lipinski definition) is 3. The van der Waals surface area contributed by atoms with Crippen molar-refractivity contribution in [2.45, 2.75) is 51.2 Å². The van der Waals surface area contributed by atoms with E-state index in [1.807, 2.05) is 6.92 Å². The number of nitrogens with one attached hydrogen (secondary N) is 2. The number of nitrogens with zero attached hydrogens (tertiary/aromatic N) is 1. The molecule has 5 nitrogen and oxygen atoms in total. The van der Waals surface area contributed by atoms with E-state index in [2.05, 4.69) is 15.6 Å². The molecule has 0 spiro atoms. The molecule has 0 bridgehead atoms. The minimum Gasteiger partial charge on any atom is -0.508 e. The Bertz CT molecular complexity index is 635. The molecular weight excluding hydrogens is 359 g/mol. The summed E-state index contributed by atoms with van der Waals surface area (Å²) in [5.74, 6) is -0.0183. The summed E-state index contributed by atoms with van der Waals surface area (Å²) < 4.78 is 44.0. The normalized spacial score (nSPS) is 21.0. The summed E-state index contributed by atoms with van der Waals surface area (Å²) in [6.45, 7) is 2.94. The summed E-state index contributed by atoms with van der Waals surface area (Å²) in [4.78, 5) is 4.44. The Hall–Kier alpha value is -2.12. The Morgan fingerprint density at radius 1 is 1.33 bits per heavy atom. The lowest BCUT2D eigenvalue weighted by molar-refractivity contribution is -0.183. The van der Waals surface area contributed by atoms with Crippen molar-refractivity contribution in [1.82, 2.24) is 10.6 Å². The highest BCUT2D eigenvalue weighted by Crippen LogP contribution is 2.37. The first-order chi connectivity index (χ1) is 12.8. The number of halogens is 3. The predicted octanol–water partition coefficient (Wildman–Crippen LogP) is 3.62. The van der Waals surface area contributed by atoms with Gasteiger partial charge in [0.1, 0.15) is 11.5 Å². The number of rotatable bonds is 6. The van der Waals surface area contributed by atoms with E-state index in [0.717, 1.165) is 5.56 Å². The molecule has 0 amide bonds. The van der Waals surface area contributed by atoms with Gasteiger partial charge in [-0.2, -0.15) is 13.2 Å². The van der Waals surface area contributed by atoms with Crippen molar-refractivity contribution in [3.05, 3.63) is 23.8 Å². The lowest BCUT2D eigenvalue weighted by atomic mass is 9.85. The molecule has 0 radical (unpaired) electrons. The SMILES string of the molecule is CCNC(=NCCc1ccc(OC)cc1O)NC1CCCC(C(F)(F)F)C1. The van der Waals surface area contributed by atoms with Crippen LogP contribution in [0.5, 0.6) is 11.5 Å². The van der Waals surface area contributed by atoms with Crippen LogP contribution in [0.25, 0.3) is 0 Å². The standard InChI is InChI=1S/C19H28F3N3O2/c1-3-23-18(25-15-6-4-5-14(11-15)19(20,21)22)24-10-9-13-7-8-16(27-2)12-17(13)26/h7-8,12,14-15,26H,3-6,9-11H2,1-2H3,(H2,23,24,25). The summed E-state index contributed by atoms with van der Waals surface area (Å²) >= 11 is 0. The molecule has 0 aromatic heterocycles. The van der Waals surface area contributed by atoms with Crippen molar-refractivity contribution < 1.29 is 23.0 Å². The van der Waals surface area contributed by atoms with Crippen LogP contribution < -0.4 is 15.4 Å². The van der Waals surface area contributed by atoms with Crippen molar-refractivity contribution in [1.29, 1.82) is 0 Å². The fourth-order valence-electron chi connectivity index (χ4n) is 3.30. The summed E-state index contributed by atoms with van der Waals surface area (Å²) in [6.07, 6.45) is -2.08.